The summed E-state index contributed by atoms with van der Waals surface area (Å²) in [5.74, 6) is 0.711. The second kappa shape index (κ2) is 4.54. The van der Waals surface area contributed by atoms with Gasteiger partial charge in [-0.3, -0.25) is 5.41 Å². The van der Waals surface area contributed by atoms with Gasteiger partial charge in [0.05, 0.1) is 17.5 Å². The number of nitrogen functional groups attached to an aromatic ring is 1. The van der Waals surface area contributed by atoms with Crippen molar-refractivity contribution in [1.29, 1.82) is 5.41 Å². The monoisotopic (exact) mass is 249 g/mol. The summed E-state index contributed by atoms with van der Waals surface area (Å²) in [6.07, 6.45) is 1.49. The fourth-order valence-corrected chi connectivity index (χ4v) is 2.06. The molecule has 0 amide bonds. The molecule has 0 aliphatic heterocycles. The van der Waals surface area contributed by atoms with Crippen molar-refractivity contribution in [3.8, 4) is 0 Å². The predicted octanol–water partition coefficient (Wildman–Crippen LogP) is 1.52. The van der Waals surface area contributed by atoms with Crippen molar-refractivity contribution in [3.63, 3.8) is 0 Å². The molecule has 3 N–H and O–H groups in total. The van der Waals surface area contributed by atoms with Gasteiger partial charge in [-0.2, -0.15) is 5.10 Å². The molecule has 7 heteroatoms. The number of nitrogens with one attached hydrogen (secondary N) is 1. The van der Waals surface area contributed by atoms with Crippen LogP contribution in [0.15, 0.2) is 26.9 Å². The largest absolute Gasteiger partial charge is 0.436 e. The summed E-state index contributed by atoms with van der Waals surface area (Å²) < 4.78 is 5.43. The van der Waals surface area contributed by atoms with Gasteiger partial charge in [0.25, 0.3) is 5.22 Å². The maximum Gasteiger partial charge on any atom is 0.262 e. The Morgan fingerprint density at radius 1 is 1.47 bits per heavy atom. The van der Waals surface area contributed by atoms with Gasteiger partial charge in [0.1, 0.15) is 16.6 Å². The van der Waals surface area contributed by atoms with Crippen LogP contribution in [-0.4, -0.2) is 21.0 Å². The first kappa shape index (κ1) is 11.6. The Bertz CT molecular complexity index is 546. The normalized spacial score (nSPS) is 10.5. The van der Waals surface area contributed by atoms with Gasteiger partial charge in [-0.25, -0.2) is 4.98 Å². The lowest BCUT2D eigenvalue weighted by Crippen LogP contribution is -2.13. The topological polar surface area (TPSA) is 102 Å². The third kappa shape index (κ3) is 2.44. The van der Waals surface area contributed by atoms with Gasteiger partial charge in [-0.1, -0.05) is 0 Å². The van der Waals surface area contributed by atoms with Crippen LogP contribution in [0.2, 0.25) is 0 Å². The highest BCUT2D eigenvalue weighted by atomic mass is 32.2. The summed E-state index contributed by atoms with van der Waals surface area (Å²) in [5.41, 5.74) is 6.81. The summed E-state index contributed by atoms with van der Waals surface area (Å²) in [7, 11) is 0. The van der Waals surface area contributed by atoms with Crippen LogP contribution in [-0.2, 0) is 0 Å². The molecular weight excluding hydrogens is 238 g/mol. The van der Waals surface area contributed by atoms with Gasteiger partial charge in [0.15, 0.2) is 0 Å². The summed E-state index contributed by atoms with van der Waals surface area (Å²) in [6.45, 7) is 3.71. The molecule has 0 saturated heterocycles. The number of nitrogens with zero attached hydrogens (tertiary/aromatic N) is 3. The molecule has 0 saturated carbocycles. The zero-order valence-corrected chi connectivity index (χ0v) is 10.2. The Balaban J connectivity index is 2.33. The van der Waals surface area contributed by atoms with E-state index in [1.165, 1.54) is 18.0 Å². The van der Waals surface area contributed by atoms with Crippen LogP contribution in [0.1, 0.15) is 17.0 Å². The van der Waals surface area contributed by atoms with E-state index in [9.17, 15) is 0 Å². The Morgan fingerprint density at radius 3 is 2.82 bits per heavy atom. The lowest BCUT2D eigenvalue weighted by atomic mass is 10.3. The Morgan fingerprint density at radius 2 is 2.24 bits per heavy atom. The quantitative estimate of drug-likeness (QED) is 0.631. The molecule has 0 fully saturated rings. The summed E-state index contributed by atoms with van der Waals surface area (Å²) in [5, 5.41) is 16.1. The van der Waals surface area contributed by atoms with Crippen molar-refractivity contribution < 1.29 is 4.42 Å². The van der Waals surface area contributed by atoms with Gasteiger partial charge in [-0.15, -0.1) is 5.10 Å². The minimum atomic E-state index is -0.0533. The van der Waals surface area contributed by atoms with Crippen molar-refractivity contribution in [3.05, 3.63) is 29.3 Å². The average Bonchev–Trinajstić information content (AvgIpc) is 2.58. The van der Waals surface area contributed by atoms with E-state index in [2.05, 4.69) is 15.2 Å². The van der Waals surface area contributed by atoms with E-state index in [1.807, 2.05) is 13.8 Å². The average molecular weight is 249 g/mol. The molecule has 0 aromatic carbocycles. The Labute approximate surface area is 102 Å². The van der Waals surface area contributed by atoms with E-state index in [0.717, 1.165) is 11.5 Å². The maximum atomic E-state index is 7.44. The number of aryl methyl sites for hydroxylation is 2. The van der Waals surface area contributed by atoms with E-state index in [-0.39, 0.29) is 5.84 Å². The molecule has 88 valence electrons. The third-order valence-electron chi connectivity index (χ3n) is 2.17. The number of oxazole rings is 1. The number of hydrogen-bond acceptors (Lipinski definition) is 6. The number of nitrogens with two attached hydrogens (primary N) is 1. The molecule has 2 rings (SSSR count). The predicted molar refractivity (Wildman–Crippen MR) is 63.1 cm³/mol. The lowest BCUT2D eigenvalue weighted by Gasteiger charge is -2.02. The van der Waals surface area contributed by atoms with Gasteiger partial charge in [0.2, 0.25) is 0 Å². The third-order valence-corrected chi connectivity index (χ3v) is 3.01. The Hall–Kier alpha value is -1.89. The minimum Gasteiger partial charge on any atom is -0.436 e. The second-order valence-corrected chi connectivity index (χ2v) is 4.33. The fourth-order valence-electron chi connectivity index (χ4n) is 1.17. The molecule has 2 heterocycles. The number of hydrogen-bond donors (Lipinski definition) is 2. The number of rotatable bonds is 3. The van der Waals surface area contributed by atoms with Crippen LogP contribution >= 0.6 is 11.8 Å². The smallest absolute Gasteiger partial charge is 0.262 e. The number of amidine groups is 1. The SMILES string of the molecule is Cc1nc(Sc2nnccc2C(=N)N)oc1C. The van der Waals surface area contributed by atoms with Crippen molar-refractivity contribution in [2.24, 2.45) is 5.73 Å². The fraction of sp³-hybridized carbons (Fsp3) is 0.200. The summed E-state index contributed by atoms with van der Waals surface area (Å²) >= 11 is 1.21. The molecule has 0 bridgehead atoms. The molecule has 6 nitrogen and oxygen atoms in total. The molecule has 0 atom stereocenters. The van der Waals surface area contributed by atoms with Crippen LogP contribution in [0.25, 0.3) is 0 Å². The molecule has 0 radical (unpaired) electrons. The zero-order valence-electron chi connectivity index (χ0n) is 9.39. The van der Waals surface area contributed by atoms with Crippen LogP contribution in [0.4, 0.5) is 0 Å². The molecule has 0 spiro atoms. The first-order valence-corrected chi connectivity index (χ1v) is 5.67. The second-order valence-electron chi connectivity index (χ2n) is 3.39. The van der Waals surface area contributed by atoms with Crippen molar-refractivity contribution >= 4 is 17.6 Å². The lowest BCUT2D eigenvalue weighted by molar-refractivity contribution is 0.431. The van der Waals surface area contributed by atoms with E-state index >= 15 is 0 Å². The van der Waals surface area contributed by atoms with Crippen molar-refractivity contribution in [1.82, 2.24) is 15.2 Å². The van der Waals surface area contributed by atoms with Crippen LogP contribution in [0.5, 0.6) is 0 Å². The van der Waals surface area contributed by atoms with Crippen molar-refractivity contribution in [2.45, 2.75) is 24.1 Å². The first-order chi connectivity index (χ1) is 8.08. The highest BCUT2D eigenvalue weighted by Gasteiger charge is 2.13. The minimum absolute atomic E-state index is 0.0533. The van der Waals surface area contributed by atoms with Crippen LogP contribution < -0.4 is 5.73 Å². The van der Waals surface area contributed by atoms with Crippen LogP contribution in [0, 0.1) is 19.3 Å². The summed E-state index contributed by atoms with van der Waals surface area (Å²) in [6, 6.07) is 1.64. The van der Waals surface area contributed by atoms with E-state index in [1.54, 1.807) is 6.07 Å². The van der Waals surface area contributed by atoms with E-state index < -0.39 is 0 Å². The molecule has 2 aromatic rings. The zero-order chi connectivity index (χ0) is 12.4. The van der Waals surface area contributed by atoms with E-state index in [4.69, 9.17) is 15.6 Å². The molecule has 0 aliphatic carbocycles. The van der Waals surface area contributed by atoms with Gasteiger partial charge >= 0.3 is 0 Å². The maximum absolute atomic E-state index is 7.44. The van der Waals surface area contributed by atoms with Crippen LogP contribution in [0.3, 0.4) is 0 Å². The molecule has 2 aromatic heterocycles. The number of aromatic nitrogens is 3. The molecule has 0 aliphatic rings. The van der Waals surface area contributed by atoms with Gasteiger partial charge in [0, 0.05) is 0 Å². The first-order valence-electron chi connectivity index (χ1n) is 4.86. The van der Waals surface area contributed by atoms with Gasteiger partial charge < -0.3 is 10.2 Å². The van der Waals surface area contributed by atoms with Crippen molar-refractivity contribution in [2.75, 3.05) is 0 Å². The Kier molecular flexibility index (Phi) is 3.10. The van der Waals surface area contributed by atoms with Gasteiger partial charge in [-0.05, 0) is 31.7 Å². The standard InChI is InChI=1S/C10H11N5OS/c1-5-6(2)16-10(14-5)17-9-7(8(11)12)3-4-13-15-9/h3-4H,1-2H3,(H3,11,12). The summed E-state index contributed by atoms with van der Waals surface area (Å²) in [4.78, 5) is 4.22. The highest BCUT2D eigenvalue weighted by Crippen LogP contribution is 2.28. The van der Waals surface area contributed by atoms with E-state index in [0.29, 0.717) is 15.8 Å². The molecule has 0 unspecified atom stereocenters. The highest BCUT2D eigenvalue weighted by molar-refractivity contribution is 7.99. The molecular formula is C10H11N5OS. The molecule has 17 heavy (non-hydrogen) atoms.